The van der Waals surface area contributed by atoms with Crippen LogP contribution in [0, 0.1) is 6.92 Å². The van der Waals surface area contributed by atoms with Gasteiger partial charge in [0, 0.05) is 17.2 Å². The number of hydrazine groups is 1. The maximum Gasteiger partial charge on any atom is 0.0522 e. The lowest BCUT2D eigenvalue weighted by atomic mass is 9.97. The normalized spacial score (nSPS) is 12.6. The Kier molecular flexibility index (Phi) is 4.74. The van der Waals surface area contributed by atoms with Gasteiger partial charge in [-0.1, -0.05) is 22.0 Å². The topological polar surface area (TPSA) is 55.9 Å². The third kappa shape index (κ3) is 3.43. The molecular weight excluding hydrogens is 304 g/mol. The second-order valence-corrected chi connectivity index (χ2v) is 5.54. The van der Waals surface area contributed by atoms with E-state index in [9.17, 15) is 0 Å². The zero-order valence-electron chi connectivity index (χ0n) is 11.2. The molecule has 2 aromatic rings. The van der Waals surface area contributed by atoms with Crippen LogP contribution >= 0.6 is 15.9 Å². The number of nitrogens with zero attached hydrogens (tertiary/aromatic N) is 2. The Balaban J connectivity index is 2.22. The van der Waals surface area contributed by atoms with Crippen molar-refractivity contribution >= 4 is 15.9 Å². The average molecular weight is 323 g/mol. The van der Waals surface area contributed by atoms with Crippen molar-refractivity contribution in [3.8, 4) is 0 Å². The van der Waals surface area contributed by atoms with Crippen LogP contribution in [0.3, 0.4) is 0 Å². The van der Waals surface area contributed by atoms with Gasteiger partial charge in [0.2, 0.25) is 0 Å². The molecule has 1 heterocycles. The van der Waals surface area contributed by atoms with Crippen molar-refractivity contribution in [1.82, 2.24) is 15.2 Å². The predicted molar refractivity (Wildman–Crippen MR) is 80.5 cm³/mol. The van der Waals surface area contributed by atoms with Crippen LogP contribution in [0.2, 0.25) is 0 Å². The lowest BCUT2D eigenvalue weighted by Crippen LogP contribution is -2.30. The standard InChI is InChI=1S/C14H19BrN4/c1-3-19-9-11(8-17-19)6-14(18-16)13-7-12(15)5-4-10(13)2/h4-5,7-9,14,18H,3,6,16H2,1-2H3. The van der Waals surface area contributed by atoms with Crippen molar-refractivity contribution in [2.75, 3.05) is 0 Å². The van der Waals surface area contributed by atoms with Crippen molar-refractivity contribution in [3.63, 3.8) is 0 Å². The van der Waals surface area contributed by atoms with Gasteiger partial charge in [0.1, 0.15) is 0 Å². The minimum atomic E-state index is 0.0898. The molecule has 1 atom stereocenters. The van der Waals surface area contributed by atoms with E-state index in [1.165, 1.54) is 16.7 Å². The molecule has 3 N–H and O–H groups in total. The van der Waals surface area contributed by atoms with Crippen LogP contribution in [0.25, 0.3) is 0 Å². The third-order valence-electron chi connectivity index (χ3n) is 3.27. The fourth-order valence-electron chi connectivity index (χ4n) is 2.17. The van der Waals surface area contributed by atoms with Crippen LogP contribution in [-0.4, -0.2) is 9.78 Å². The number of aromatic nitrogens is 2. The molecule has 0 amide bonds. The summed E-state index contributed by atoms with van der Waals surface area (Å²) in [6, 6.07) is 6.34. The molecule has 0 fully saturated rings. The fourth-order valence-corrected chi connectivity index (χ4v) is 2.54. The minimum Gasteiger partial charge on any atom is -0.273 e. The highest BCUT2D eigenvalue weighted by Gasteiger charge is 2.14. The van der Waals surface area contributed by atoms with Gasteiger partial charge in [-0.25, -0.2) is 0 Å². The van der Waals surface area contributed by atoms with Crippen LogP contribution in [0.5, 0.6) is 0 Å². The van der Waals surface area contributed by atoms with E-state index in [4.69, 9.17) is 5.84 Å². The largest absolute Gasteiger partial charge is 0.273 e. The smallest absolute Gasteiger partial charge is 0.0522 e. The van der Waals surface area contributed by atoms with Gasteiger partial charge < -0.3 is 0 Å². The molecule has 1 aromatic heterocycles. The Morgan fingerprint density at radius 1 is 1.47 bits per heavy atom. The van der Waals surface area contributed by atoms with E-state index in [1.807, 2.05) is 16.9 Å². The highest BCUT2D eigenvalue weighted by atomic mass is 79.9. The number of hydrogen-bond donors (Lipinski definition) is 2. The zero-order chi connectivity index (χ0) is 13.8. The quantitative estimate of drug-likeness (QED) is 0.657. The maximum absolute atomic E-state index is 5.72. The van der Waals surface area contributed by atoms with Gasteiger partial charge in [0.05, 0.1) is 12.2 Å². The molecule has 2 rings (SSSR count). The van der Waals surface area contributed by atoms with Crippen LogP contribution in [0.4, 0.5) is 0 Å². The summed E-state index contributed by atoms with van der Waals surface area (Å²) in [5.41, 5.74) is 6.53. The van der Waals surface area contributed by atoms with Crippen LogP contribution in [0.1, 0.15) is 29.7 Å². The molecule has 0 aliphatic carbocycles. The second-order valence-electron chi connectivity index (χ2n) is 4.63. The van der Waals surface area contributed by atoms with Crippen LogP contribution in [-0.2, 0) is 13.0 Å². The molecule has 0 bridgehead atoms. The number of benzene rings is 1. The molecule has 0 aliphatic rings. The number of rotatable bonds is 5. The molecule has 0 aliphatic heterocycles. The number of halogens is 1. The first-order valence-electron chi connectivity index (χ1n) is 6.37. The Morgan fingerprint density at radius 3 is 2.89 bits per heavy atom. The summed E-state index contributed by atoms with van der Waals surface area (Å²) in [6.45, 7) is 5.06. The van der Waals surface area contributed by atoms with Crippen LogP contribution < -0.4 is 11.3 Å². The molecule has 0 spiro atoms. The number of nitrogens with one attached hydrogen (secondary N) is 1. The molecule has 4 nitrogen and oxygen atoms in total. The van der Waals surface area contributed by atoms with Gasteiger partial charge in [-0.15, -0.1) is 0 Å². The molecule has 1 aromatic carbocycles. The van der Waals surface area contributed by atoms with Crippen molar-refractivity contribution in [1.29, 1.82) is 0 Å². The van der Waals surface area contributed by atoms with Crippen molar-refractivity contribution in [2.45, 2.75) is 32.9 Å². The third-order valence-corrected chi connectivity index (χ3v) is 3.76. The molecule has 5 heteroatoms. The Hall–Kier alpha value is -1.17. The summed E-state index contributed by atoms with van der Waals surface area (Å²) < 4.78 is 2.99. The molecule has 0 saturated heterocycles. The van der Waals surface area contributed by atoms with Gasteiger partial charge in [-0.3, -0.25) is 16.0 Å². The number of nitrogens with two attached hydrogens (primary N) is 1. The Labute approximate surface area is 122 Å². The minimum absolute atomic E-state index is 0.0898. The molecular formula is C14H19BrN4. The van der Waals surface area contributed by atoms with Gasteiger partial charge in [0.15, 0.2) is 0 Å². The van der Waals surface area contributed by atoms with E-state index >= 15 is 0 Å². The Morgan fingerprint density at radius 2 is 2.26 bits per heavy atom. The average Bonchev–Trinajstić information content (AvgIpc) is 2.87. The van der Waals surface area contributed by atoms with E-state index < -0.39 is 0 Å². The van der Waals surface area contributed by atoms with Crippen molar-refractivity contribution < 1.29 is 0 Å². The molecule has 102 valence electrons. The first kappa shape index (κ1) is 14.2. The second kappa shape index (κ2) is 6.32. The van der Waals surface area contributed by atoms with Crippen molar-refractivity contribution in [2.24, 2.45) is 5.84 Å². The number of aryl methyl sites for hydroxylation is 2. The van der Waals surface area contributed by atoms with Crippen LogP contribution in [0.15, 0.2) is 35.1 Å². The summed E-state index contributed by atoms with van der Waals surface area (Å²) in [6.07, 6.45) is 4.80. The van der Waals surface area contributed by atoms with Gasteiger partial charge >= 0.3 is 0 Å². The van der Waals surface area contributed by atoms with E-state index in [2.05, 4.69) is 58.6 Å². The number of hydrogen-bond acceptors (Lipinski definition) is 3. The fraction of sp³-hybridized carbons (Fsp3) is 0.357. The molecule has 1 unspecified atom stereocenters. The van der Waals surface area contributed by atoms with Gasteiger partial charge in [-0.2, -0.15) is 5.10 Å². The van der Waals surface area contributed by atoms with Gasteiger partial charge in [-0.05, 0) is 49.1 Å². The van der Waals surface area contributed by atoms with Gasteiger partial charge in [0.25, 0.3) is 0 Å². The van der Waals surface area contributed by atoms with Crippen molar-refractivity contribution in [3.05, 3.63) is 51.8 Å². The highest BCUT2D eigenvalue weighted by Crippen LogP contribution is 2.24. The first-order valence-corrected chi connectivity index (χ1v) is 7.16. The SMILES string of the molecule is CCn1cc(CC(NN)c2cc(Br)ccc2C)cn1. The lowest BCUT2D eigenvalue weighted by molar-refractivity contribution is 0.548. The summed E-state index contributed by atoms with van der Waals surface area (Å²) in [5.74, 6) is 5.72. The predicted octanol–water partition coefficient (Wildman–Crippen LogP) is 2.72. The molecule has 19 heavy (non-hydrogen) atoms. The van der Waals surface area contributed by atoms with E-state index in [0.717, 1.165) is 17.4 Å². The molecule has 0 radical (unpaired) electrons. The molecule has 0 saturated carbocycles. The van der Waals surface area contributed by atoms with E-state index in [0.29, 0.717) is 0 Å². The lowest BCUT2D eigenvalue weighted by Gasteiger charge is -2.18. The Bertz CT molecular complexity index is 550. The summed E-state index contributed by atoms with van der Waals surface area (Å²) in [7, 11) is 0. The summed E-state index contributed by atoms with van der Waals surface area (Å²) >= 11 is 3.51. The monoisotopic (exact) mass is 322 g/mol. The summed E-state index contributed by atoms with van der Waals surface area (Å²) in [4.78, 5) is 0. The van der Waals surface area contributed by atoms with E-state index in [1.54, 1.807) is 0 Å². The zero-order valence-corrected chi connectivity index (χ0v) is 12.8. The first-order chi connectivity index (χ1) is 9.13. The summed E-state index contributed by atoms with van der Waals surface area (Å²) in [5, 5.41) is 4.29. The maximum atomic E-state index is 5.72. The highest BCUT2D eigenvalue weighted by molar-refractivity contribution is 9.10. The van der Waals surface area contributed by atoms with E-state index in [-0.39, 0.29) is 6.04 Å².